The van der Waals surface area contributed by atoms with E-state index < -0.39 is 0 Å². The summed E-state index contributed by atoms with van der Waals surface area (Å²) < 4.78 is 13.0. The zero-order chi connectivity index (χ0) is 21.2. The number of benzene rings is 1. The van der Waals surface area contributed by atoms with Gasteiger partial charge in [-0.25, -0.2) is 4.98 Å². The molecule has 164 valence electrons. The van der Waals surface area contributed by atoms with Crippen molar-refractivity contribution in [3.05, 3.63) is 41.6 Å². The Kier molecular flexibility index (Phi) is 5.78. The summed E-state index contributed by atoms with van der Waals surface area (Å²) in [6, 6.07) is 8.90. The molecule has 2 N–H and O–H groups in total. The van der Waals surface area contributed by atoms with Crippen LogP contribution in [-0.4, -0.2) is 53.6 Å². The maximum Gasteiger partial charge on any atom is 0.167 e. The Morgan fingerprint density at radius 3 is 2.65 bits per heavy atom. The lowest BCUT2D eigenvalue weighted by molar-refractivity contribution is 0.0699. The minimum Gasteiger partial charge on any atom is -0.381 e. The van der Waals surface area contributed by atoms with Crippen molar-refractivity contribution in [1.29, 1.82) is 0 Å². The van der Waals surface area contributed by atoms with Gasteiger partial charge >= 0.3 is 0 Å². The first-order valence-corrected chi connectivity index (χ1v) is 11.3. The lowest BCUT2D eigenvalue weighted by Gasteiger charge is -2.23. The van der Waals surface area contributed by atoms with Crippen molar-refractivity contribution in [2.45, 2.75) is 39.2 Å². The molecule has 3 aromatic rings. The van der Waals surface area contributed by atoms with Crippen LogP contribution in [0.3, 0.4) is 0 Å². The van der Waals surface area contributed by atoms with Crippen LogP contribution in [0.1, 0.15) is 30.4 Å². The van der Waals surface area contributed by atoms with Gasteiger partial charge in [-0.3, -0.25) is 0 Å². The number of rotatable bonds is 6. The van der Waals surface area contributed by atoms with Crippen LogP contribution in [-0.2, 0) is 9.47 Å². The van der Waals surface area contributed by atoms with Crippen molar-refractivity contribution >= 4 is 17.3 Å². The smallest absolute Gasteiger partial charge is 0.167 e. The minimum atomic E-state index is 0.297. The predicted octanol–water partition coefficient (Wildman–Crippen LogP) is 4.05. The molecule has 1 atom stereocenters. The Morgan fingerprint density at radius 2 is 1.87 bits per heavy atom. The largest absolute Gasteiger partial charge is 0.381 e. The van der Waals surface area contributed by atoms with Crippen LogP contribution >= 0.6 is 0 Å². The summed E-state index contributed by atoms with van der Waals surface area (Å²) in [5, 5.41) is 11.9. The zero-order valence-corrected chi connectivity index (χ0v) is 18.4. The molecule has 1 unspecified atom stereocenters. The molecule has 0 amide bonds. The van der Waals surface area contributed by atoms with Crippen LogP contribution in [0.5, 0.6) is 0 Å². The van der Waals surface area contributed by atoms with Gasteiger partial charge in [0.25, 0.3) is 0 Å². The van der Waals surface area contributed by atoms with Crippen molar-refractivity contribution in [1.82, 2.24) is 14.6 Å². The van der Waals surface area contributed by atoms with Crippen LogP contribution in [0.15, 0.2) is 30.5 Å². The second-order valence-electron chi connectivity index (χ2n) is 8.76. The third-order valence-corrected chi connectivity index (χ3v) is 6.48. The van der Waals surface area contributed by atoms with E-state index in [0.717, 1.165) is 80.6 Å². The number of nitrogens with one attached hydrogen (secondary N) is 2. The van der Waals surface area contributed by atoms with Crippen molar-refractivity contribution in [3.63, 3.8) is 0 Å². The molecule has 4 heterocycles. The lowest BCUT2D eigenvalue weighted by atomic mass is 10.0. The van der Waals surface area contributed by atoms with Crippen LogP contribution < -0.4 is 10.6 Å². The molecule has 5 rings (SSSR count). The van der Waals surface area contributed by atoms with Crippen molar-refractivity contribution in [3.8, 4) is 11.1 Å². The van der Waals surface area contributed by atoms with E-state index >= 15 is 0 Å². The summed E-state index contributed by atoms with van der Waals surface area (Å²) >= 11 is 0. The molecule has 7 heteroatoms. The number of hydrogen-bond acceptors (Lipinski definition) is 6. The second-order valence-corrected chi connectivity index (χ2v) is 8.76. The maximum atomic E-state index is 5.54. The van der Waals surface area contributed by atoms with Gasteiger partial charge in [-0.2, -0.15) is 9.61 Å². The first-order valence-electron chi connectivity index (χ1n) is 11.3. The van der Waals surface area contributed by atoms with Crippen molar-refractivity contribution < 1.29 is 9.47 Å². The minimum absolute atomic E-state index is 0.297. The Hall–Kier alpha value is -2.64. The van der Waals surface area contributed by atoms with E-state index in [1.165, 1.54) is 11.1 Å². The number of ether oxygens (including phenoxy) is 2. The number of nitrogens with zero attached hydrogens (tertiary/aromatic N) is 3. The van der Waals surface area contributed by atoms with Gasteiger partial charge in [0.05, 0.1) is 18.8 Å². The molecule has 2 saturated heterocycles. The third kappa shape index (κ3) is 4.38. The molecule has 2 aromatic heterocycles. The monoisotopic (exact) mass is 421 g/mol. The van der Waals surface area contributed by atoms with E-state index in [1.54, 1.807) is 0 Å². The van der Waals surface area contributed by atoms with Gasteiger partial charge in [-0.1, -0.05) is 18.2 Å². The number of anilines is 2. The average molecular weight is 422 g/mol. The van der Waals surface area contributed by atoms with Crippen LogP contribution in [0.4, 0.5) is 11.6 Å². The Balaban J connectivity index is 1.50. The Labute approximate surface area is 183 Å². The molecule has 7 nitrogen and oxygen atoms in total. The standard InChI is InChI=1S/C24H31N5O2/c1-16-3-4-19(11-17(16)2)21-14-26-29-23(25-13-18-5-8-30-9-6-18)12-22(28-24(21)29)27-20-7-10-31-15-20/h3-4,11-12,14,18,20,25H,5-10,13,15H2,1-2H3,(H,27,28). The highest BCUT2D eigenvalue weighted by Gasteiger charge is 2.20. The van der Waals surface area contributed by atoms with Crippen LogP contribution in [0, 0.1) is 19.8 Å². The van der Waals surface area contributed by atoms with Gasteiger partial charge in [0.1, 0.15) is 11.6 Å². The van der Waals surface area contributed by atoms with E-state index in [9.17, 15) is 0 Å². The number of fused-ring (bicyclic) bond motifs is 1. The predicted molar refractivity (Wildman–Crippen MR) is 123 cm³/mol. The van der Waals surface area contributed by atoms with Gasteiger partial charge in [-0.05, 0) is 55.7 Å². The molecule has 0 saturated carbocycles. The molecule has 31 heavy (non-hydrogen) atoms. The molecule has 0 spiro atoms. The fraction of sp³-hybridized carbons (Fsp3) is 0.500. The van der Waals surface area contributed by atoms with Gasteiger partial charge in [0.2, 0.25) is 0 Å². The van der Waals surface area contributed by atoms with E-state index in [-0.39, 0.29) is 0 Å². The molecular formula is C24H31N5O2. The van der Waals surface area contributed by atoms with Crippen molar-refractivity contribution in [2.24, 2.45) is 5.92 Å². The van der Waals surface area contributed by atoms with E-state index in [1.807, 2.05) is 10.7 Å². The summed E-state index contributed by atoms with van der Waals surface area (Å²) in [5.41, 5.74) is 5.61. The van der Waals surface area contributed by atoms with E-state index in [0.29, 0.717) is 12.0 Å². The SMILES string of the molecule is Cc1ccc(-c2cnn3c(NCC4CCOCC4)cc(NC4CCOC4)nc23)cc1C. The second kappa shape index (κ2) is 8.85. The molecule has 1 aromatic carbocycles. The average Bonchev–Trinajstić information content (AvgIpc) is 3.45. The fourth-order valence-corrected chi connectivity index (χ4v) is 4.33. The maximum absolute atomic E-state index is 5.54. The van der Waals surface area contributed by atoms with Gasteiger partial charge < -0.3 is 20.1 Å². The van der Waals surface area contributed by atoms with E-state index in [4.69, 9.17) is 19.6 Å². The summed E-state index contributed by atoms with van der Waals surface area (Å²) in [7, 11) is 0. The first-order chi connectivity index (χ1) is 15.2. The molecular weight excluding hydrogens is 390 g/mol. The molecule has 2 fully saturated rings. The number of aromatic nitrogens is 3. The number of hydrogen-bond donors (Lipinski definition) is 2. The first kappa shape index (κ1) is 20.3. The quantitative estimate of drug-likeness (QED) is 0.626. The Bertz CT molecular complexity index is 1050. The normalized spacial score (nSPS) is 19.7. The molecule has 0 bridgehead atoms. The summed E-state index contributed by atoms with van der Waals surface area (Å²) in [6.45, 7) is 8.42. The fourth-order valence-electron chi connectivity index (χ4n) is 4.33. The Morgan fingerprint density at radius 1 is 1.03 bits per heavy atom. The molecule has 0 radical (unpaired) electrons. The molecule has 2 aliphatic rings. The number of aryl methyl sites for hydroxylation is 2. The highest BCUT2D eigenvalue weighted by molar-refractivity contribution is 5.80. The topological polar surface area (TPSA) is 72.7 Å². The lowest BCUT2D eigenvalue weighted by Crippen LogP contribution is -2.24. The molecule has 2 aliphatic heterocycles. The summed E-state index contributed by atoms with van der Waals surface area (Å²) in [5.74, 6) is 2.45. The third-order valence-electron chi connectivity index (χ3n) is 6.48. The summed E-state index contributed by atoms with van der Waals surface area (Å²) in [4.78, 5) is 4.96. The summed E-state index contributed by atoms with van der Waals surface area (Å²) in [6.07, 6.45) is 5.12. The van der Waals surface area contributed by atoms with Gasteiger partial charge in [0, 0.05) is 38.0 Å². The van der Waals surface area contributed by atoms with Crippen molar-refractivity contribution in [2.75, 3.05) is 43.6 Å². The van der Waals surface area contributed by atoms with E-state index in [2.05, 4.69) is 48.7 Å². The highest BCUT2D eigenvalue weighted by Crippen LogP contribution is 2.29. The highest BCUT2D eigenvalue weighted by atomic mass is 16.5. The van der Waals surface area contributed by atoms with Crippen LogP contribution in [0.2, 0.25) is 0 Å². The van der Waals surface area contributed by atoms with Crippen LogP contribution in [0.25, 0.3) is 16.8 Å². The zero-order valence-electron chi connectivity index (χ0n) is 18.4. The van der Waals surface area contributed by atoms with Gasteiger partial charge in [-0.15, -0.1) is 0 Å². The molecule has 0 aliphatic carbocycles. The van der Waals surface area contributed by atoms with Gasteiger partial charge in [0.15, 0.2) is 5.65 Å².